The van der Waals surface area contributed by atoms with Crippen molar-refractivity contribution in [2.75, 3.05) is 46.4 Å². The molecule has 1 fully saturated rings. The molecule has 110 valence electrons. The predicted molar refractivity (Wildman–Crippen MR) is 70.7 cm³/mol. The third-order valence-corrected chi connectivity index (χ3v) is 2.77. The molecule has 1 heterocycles. The number of nitrogens with zero attached hydrogens (tertiary/aromatic N) is 2. The van der Waals surface area contributed by atoms with Gasteiger partial charge in [0.05, 0.1) is 6.54 Å². The van der Waals surface area contributed by atoms with Crippen molar-refractivity contribution in [2.45, 2.75) is 26.4 Å². The van der Waals surface area contributed by atoms with Crippen molar-refractivity contribution < 1.29 is 19.1 Å². The summed E-state index contributed by atoms with van der Waals surface area (Å²) in [5, 5.41) is 0. The zero-order valence-corrected chi connectivity index (χ0v) is 12.3. The van der Waals surface area contributed by atoms with E-state index in [0.717, 1.165) is 0 Å². The highest BCUT2D eigenvalue weighted by molar-refractivity contribution is 5.77. The Balaban J connectivity index is 2.30. The monoisotopic (exact) mass is 272 g/mol. The number of methoxy groups -OCH3 is 1. The Morgan fingerprint density at radius 2 is 1.68 bits per heavy atom. The van der Waals surface area contributed by atoms with E-state index in [2.05, 4.69) is 0 Å². The minimum Gasteiger partial charge on any atom is -0.459 e. The standard InChI is InChI=1S/C13H24N2O4/c1-13(2,3)19-12(17)9-14-5-7-15(8-6-14)11(16)10-18-4/h5-10H2,1-4H3. The van der Waals surface area contributed by atoms with Crippen LogP contribution in [0.15, 0.2) is 0 Å². The van der Waals surface area contributed by atoms with E-state index in [-0.39, 0.29) is 25.0 Å². The van der Waals surface area contributed by atoms with Gasteiger partial charge in [0.1, 0.15) is 12.2 Å². The summed E-state index contributed by atoms with van der Waals surface area (Å²) in [6.07, 6.45) is 0. The first-order valence-corrected chi connectivity index (χ1v) is 6.53. The zero-order valence-electron chi connectivity index (χ0n) is 12.3. The predicted octanol–water partition coefficient (Wildman–Crippen LogP) is 0.119. The van der Waals surface area contributed by atoms with Crippen LogP contribution in [0.1, 0.15) is 20.8 Å². The summed E-state index contributed by atoms with van der Waals surface area (Å²) in [6.45, 7) is 8.60. The molecule has 1 rings (SSSR count). The normalized spacial score (nSPS) is 17.4. The summed E-state index contributed by atoms with van der Waals surface area (Å²) in [5.74, 6) is -0.219. The maximum Gasteiger partial charge on any atom is 0.320 e. The third-order valence-electron chi connectivity index (χ3n) is 2.77. The molecule has 0 atom stereocenters. The number of esters is 1. The SMILES string of the molecule is COCC(=O)N1CCN(CC(=O)OC(C)(C)C)CC1. The molecule has 1 saturated heterocycles. The average molecular weight is 272 g/mol. The van der Waals surface area contributed by atoms with Crippen LogP contribution in [-0.4, -0.2) is 73.7 Å². The summed E-state index contributed by atoms with van der Waals surface area (Å²) >= 11 is 0. The van der Waals surface area contributed by atoms with Crippen LogP contribution < -0.4 is 0 Å². The fourth-order valence-electron chi connectivity index (χ4n) is 1.93. The van der Waals surface area contributed by atoms with Gasteiger partial charge in [-0.2, -0.15) is 0 Å². The number of piperazine rings is 1. The lowest BCUT2D eigenvalue weighted by molar-refractivity contribution is -0.156. The Bertz CT molecular complexity index is 317. The fraction of sp³-hybridized carbons (Fsp3) is 0.846. The van der Waals surface area contributed by atoms with Gasteiger partial charge in [-0.25, -0.2) is 0 Å². The highest BCUT2D eigenvalue weighted by Gasteiger charge is 2.24. The van der Waals surface area contributed by atoms with Crippen LogP contribution in [0.25, 0.3) is 0 Å². The number of ether oxygens (including phenoxy) is 2. The minimum atomic E-state index is -0.451. The van der Waals surface area contributed by atoms with Crippen molar-refractivity contribution in [2.24, 2.45) is 0 Å². The Morgan fingerprint density at radius 1 is 1.11 bits per heavy atom. The molecule has 1 aliphatic rings. The van der Waals surface area contributed by atoms with Gasteiger partial charge in [0, 0.05) is 33.3 Å². The molecule has 0 bridgehead atoms. The number of hydrogen-bond acceptors (Lipinski definition) is 5. The molecule has 0 aromatic rings. The zero-order chi connectivity index (χ0) is 14.5. The van der Waals surface area contributed by atoms with Gasteiger partial charge in [-0.05, 0) is 20.8 Å². The molecule has 0 spiro atoms. The molecule has 0 saturated carbocycles. The number of amides is 1. The van der Waals surface area contributed by atoms with Gasteiger partial charge in [-0.15, -0.1) is 0 Å². The van der Waals surface area contributed by atoms with Crippen LogP contribution >= 0.6 is 0 Å². The van der Waals surface area contributed by atoms with E-state index in [4.69, 9.17) is 9.47 Å². The minimum absolute atomic E-state index is 0.000539. The molecule has 0 N–H and O–H groups in total. The number of carbonyl (C=O) groups is 2. The third kappa shape index (κ3) is 6.02. The van der Waals surface area contributed by atoms with Gasteiger partial charge in [0.25, 0.3) is 0 Å². The molecule has 0 radical (unpaired) electrons. The van der Waals surface area contributed by atoms with E-state index in [0.29, 0.717) is 26.2 Å². The molecule has 0 unspecified atom stereocenters. The van der Waals surface area contributed by atoms with Gasteiger partial charge in [0.2, 0.25) is 5.91 Å². The van der Waals surface area contributed by atoms with Crippen molar-refractivity contribution in [1.29, 1.82) is 0 Å². The largest absolute Gasteiger partial charge is 0.459 e. The van der Waals surface area contributed by atoms with Gasteiger partial charge in [0.15, 0.2) is 0 Å². The molecular formula is C13H24N2O4. The fourth-order valence-corrected chi connectivity index (χ4v) is 1.93. The second-order valence-corrected chi connectivity index (χ2v) is 5.68. The van der Waals surface area contributed by atoms with Crippen LogP contribution in [0, 0.1) is 0 Å². The first kappa shape index (κ1) is 15.9. The Kier molecular flexibility index (Phi) is 5.75. The van der Waals surface area contributed by atoms with E-state index in [1.807, 2.05) is 25.7 Å². The summed E-state index contributed by atoms with van der Waals surface area (Å²) in [5.41, 5.74) is -0.451. The lowest BCUT2D eigenvalue weighted by Crippen LogP contribution is -2.51. The molecular weight excluding hydrogens is 248 g/mol. The molecule has 19 heavy (non-hydrogen) atoms. The number of hydrogen-bond donors (Lipinski definition) is 0. The topological polar surface area (TPSA) is 59.1 Å². The van der Waals surface area contributed by atoms with Crippen LogP contribution in [0.3, 0.4) is 0 Å². The Morgan fingerprint density at radius 3 is 2.16 bits per heavy atom. The van der Waals surface area contributed by atoms with Gasteiger partial charge in [-0.3, -0.25) is 14.5 Å². The molecule has 1 amide bonds. The van der Waals surface area contributed by atoms with Gasteiger partial charge >= 0.3 is 5.97 Å². The number of carbonyl (C=O) groups excluding carboxylic acids is 2. The molecule has 6 heteroatoms. The summed E-state index contributed by atoms with van der Waals surface area (Å²) in [4.78, 5) is 27.0. The smallest absolute Gasteiger partial charge is 0.320 e. The first-order valence-electron chi connectivity index (χ1n) is 6.53. The van der Waals surface area contributed by atoms with Crippen molar-refractivity contribution in [3.05, 3.63) is 0 Å². The first-order chi connectivity index (χ1) is 8.81. The molecule has 0 aliphatic carbocycles. The quantitative estimate of drug-likeness (QED) is 0.680. The lowest BCUT2D eigenvalue weighted by atomic mass is 10.2. The molecule has 0 aromatic carbocycles. The van der Waals surface area contributed by atoms with Crippen LogP contribution in [0.2, 0.25) is 0 Å². The molecule has 1 aliphatic heterocycles. The van der Waals surface area contributed by atoms with Gasteiger partial charge in [-0.1, -0.05) is 0 Å². The lowest BCUT2D eigenvalue weighted by Gasteiger charge is -2.34. The van der Waals surface area contributed by atoms with Gasteiger partial charge < -0.3 is 14.4 Å². The summed E-state index contributed by atoms with van der Waals surface area (Å²) in [6, 6.07) is 0. The highest BCUT2D eigenvalue weighted by Crippen LogP contribution is 2.08. The summed E-state index contributed by atoms with van der Waals surface area (Å²) < 4.78 is 10.1. The molecule has 6 nitrogen and oxygen atoms in total. The van der Waals surface area contributed by atoms with Crippen molar-refractivity contribution >= 4 is 11.9 Å². The maximum absolute atomic E-state index is 11.7. The number of rotatable bonds is 4. The van der Waals surface area contributed by atoms with Crippen molar-refractivity contribution in [3.8, 4) is 0 Å². The van der Waals surface area contributed by atoms with E-state index in [9.17, 15) is 9.59 Å². The van der Waals surface area contributed by atoms with Crippen LogP contribution in [0.4, 0.5) is 0 Å². The van der Waals surface area contributed by atoms with Crippen LogP contribution in [-0.2, 0) is 19.1 Å². The van der Waals surface area contributed by atoms with Crippen LogP contribution in [0.5, 0.6) is 0 Å². The maximum atomic E-state index is 11.7. The van der Waals surface area contributed by atoms with Crippen molar-refractivity contribution in [3.63, 3.8) is 0 Å². The summed E-state index contributed by atoms with van der Waals surface area (Å²) in [7, 11) is 1.51. The molecule has 0 aromatic heterocycles. The van der Waals surface area contributed by atoms with Crippen molar-refractivity contribution in [1.82, 2.24) is 9.80 Å². The second kappa shape index (κ2) is 6.86. The van der Waals surface area contributed by atoms with E-state index >= 15 is 0 Å². The Hall–Kier alpha value is -1.14. The van der Waals surface area contributed by atoms with E-state index in [1.54, 1.807) is 4.90 Å². The average Bonchev–Trinajstić information content (AvgIpc) is 2.27. The Labute approximate surface area is 114 Å². The van der Waals surface area contributed by atoms with E-state index in [1.165, 1.54) is 7.11 Å². The highest BCUT2D eigenvalue weighted by atomic mass is 16.6. The van der Waals surface area contributed by atoms with E-state index < -0.39 is 5.60 Å². The second-order valence-electron chi connectivity index (χ2n) is 5.68.